The molecule has 1 amide bonds. The molecule has 0 aliphatic heterocycles. The fraction of sp³-hybridized carbons (Fsp3) is 0.0667. The molecule has 0 radical (unpaired) electrons. The molecular weight excluding hydrogens is 272 g/mol. The van der Waals surface area contributed by atoms with Gasteiger partial charge in [-0.3, -0.25) is 4.79 Å². The van der Waals surface area contributed by atoms with Gasteiger partial charge in [0, 0.05) is 5.56 Å². The number of benzene rings is 2. The topological polar surface area (TPSA) is 65.2 Å². The summed E-state index contributed by atoms with van der Waals surface area (Å²) in [6, 6.07) is 14.7. The van der Waals surface area contributed by atoms with E-state index in [-0.39, 0.29) is 0 Å². The Kier molecular flexibility index (Phi) is 3.35. The largest absolute Gasteiger partial charge is 0.486 e. The van der Waals surface area contributed by atoms with Crippen molar-refractivity contribution >= 4 is 27.5 Å². The Balaban J connectivity index is 1.71. The molecule has 2 N–H and O–H groups in total. The number of rotatable bonds is 4. The van der Waals surface area contributed by atoms with E-state index < -0.39 is 5.91 Å². The summed E-state index contributed by atoms with van der Waals surface area (Å²) in [5.74, 6) is 0.247. The molecule has 4 nitrogen and oxygen atoms in total. The lowest BCUT2D eigenvalue weighted by Crippen LogP contribution is -2.10. The van der Waals surface area contributed by atoms with Crippen LogP contribution in [0.3, 0.4) is 0 Å². The number of hydrogen-bond acceptors (Lipinski definition) is 4. The van der Waals surface area contributed by atoms with E-state index in [1.807, 2.05) is 24.3 Å². The molecule has 5 heteroatoms. The summed E-state index contributed by atoms with van der Waals surface area (Å²) in [6.07, 6.45) is 0. The molecule has 0 bridgehead atoms. The standard InChI is InChI=1S/C15H12N2O2S/c16-15(18)10-5-7-11(8-6-10)19-9-14-17-12-3-1-2-4-13(12)20-14/h1-8H,9H2,(H2,16,18). The van der Waals surface area contributed by atoms with Crippen molar-refractivity contribution in [3.05, 3.63) is 59.1 Å². The summed E-state index contributed by atoms with van der Waals surface area (Å²) >= 11 is 1.61. The fourth-order valence-electron chi connectivity index (χ4n) is 1.84. The molecule has 1 heterocycles. The molecule has 0 aliphatic rings. The minimum Gasteiger partial charge on any atom is -0.486 e. The van der Waals surface area contributed by atoms with E-state index >= 15 is 0 Å². The van der Waals surface area contributed by atoms with Crippen molar-refractivity contribution in [2.75, 3.05) is 0 Å². The number of hydrogen-bond donors (Lipinski definition) is 1. The van der Waals surface area contributed by atoms with Gasteiger partial charge in [0.1, 0.15) is 17.4 Å². The number of thiazole rings is 1. The number of aromatic nitrogens is 1. The molecular formula is C15H12N2O2S. The highest BCUT2D eigenvalue weighted by atomic mass is 32.1. The number of nitrogens with zero attached hydrogens (tertiary/aromatic N) is 1. The number of carbonyl (C=O) groups excluding carboxylic acids is 1. The Labute approximate surface area is 119 Å². The second-order valence-electron chi connectivity index (χ2n) is 4.25. The van der Waals surface area contributed by atoms with E-state index in [0.717, 1.165) is 15.2 Å². The Morgan fingerprint density at radius 2 is 1.90 bits per heavy atom. The molecule has 0 spiro atoms. The highest BCUT2D eigenvalue weighted by Crippen LogP contribution is 2.23. The molecule has 2 aromatic carbocycles. The maximum atomic E-state index is 11.0. The van der Waals surface area contributed by atoms with Gasteiger partial charge < -0.3 is 10.5 Å². The van der Waals surface area contributed by atoms with Crippen LogP contribution in [0.5, 0.6) is 5.75 Å². The molecule has 20 heavy (non-hydrogen) atoms. The van der Waals surface area contributed by atoms with Crippen LogP contribution < -0.4 is 10.5 Å². The van der Waals surface area contributed by atoms with Crippen LogP contribution in [0, 0.1) is 0 Å². The van der Waals surface area contributed by atoms with E-state index in [1.165, 1.54) is 0 Å². The average Bonchev–Trinajstić information content (AvgIpc) is 2.88. The van der Waals surface area contributed by atoms with Crippen molar-refractivity contribution in [2.24, 2.45) is 5.73 Å². The van der Waals surface area contributed by atoms with E-state index in [4.69, 9.17) is 10.5 Å². The molecule has 0 fully saturated rings. The zero-order valence-corrected chi connectivity index (χ0v) is 11.4. The van der Waals surface area contributed by atoms with Gasteiger partial charge in [-0.05, 0) is 36.4 Å². The number of amides is 1. The third-order valence-corrected chi connectivity index (χ3v) is 3.85. The van der Waals surface area contributed by atoms with E-state index in [2.05, 4.69) is 4.98 Å². The summed E-state index contributed by atoms with van der Waals surface area (Å²) in [6.45, 7) is 0.412. The minimum atomic E-state index is -0.442. The fourth-order valence-corrected chi connectivity index (χ4v) is 2.72. The summed E-state index contributed by atoms with van der Waals surface area (Å²) < 4.78 is 6.80. The summed E-state index contributed by atoms with van der Waals surface area (Å²) in [5.41, 5.74) is 6.64. The molecule has 3 aromatic rings. The summed E-state index contributed by atoms with van der Waals surface area (Å²) in [4.78, 5) is 15.5. The zero-order valence-electron chi connectivity index (χ0n) is 10.6. The van der Waals surface area contributed by atoms with Crippen molar-refractivity contribution in [1.82, 2.24) is 4.98 Å². The van der Waals surface area contributed by atoms with Gasteiger partial charge in [-0.25, -0.2) is 4.98 Å². The Morgan fingerprint density at radius 3 is 2.60 bits per heavy atom. The van der Waals surface area contributed by atoms with Gasteiger partial charge in [-0.2, -0.15) is 0 Å². The third kappa shape index (κ3) is 2.62. The van der Waals surface area contributed by atoms with Crippen molar-refractivity contribution in [2.45, 2.75) is 6.61 Å². The van der Waals surface area contributed by atoms with Crippen LogP contribution in [-0.2, 0) is 6.61 Å². The Bertz CT molecular complexity index is 717. The minimum absolute atomic E-state index is 0.412. The molecule has 0 saturated carbocycles. The van der Waals surface area contributed by atoms with Gasteiger partial charge in [0.15, 0.2) is 0 Å². The van der Waals surface area contributed by atoms with Crippen molar-refractivity contribution in [3.8, 4) is 5.75 Å². The smallest absolute Gasteiger partial charge is 0.248 e. The van der Waals surface area contributed by atoms with E-state index in [1.54, 1.807) is 35.6 Å². The van der Waals surface area contributed by atoms with Gasteiger partial charge in [0.2, 0.25) is 5.91 Å². The predicted octanol–water partition coefficient (Wildman–Crippen LogP) is 2.97. The van der Waals surface area contributed by atoms with E-state index in [9.17, 15) is 4.79 Å². The van der Waals surface area contributed by atoms with Gasteiger partial charge in [-0.15, -0.1) is 11.3 Å². The second kappa shape index (κ2) is 5.30. The quantitative estimate of drug-likeness (QED) is 0.801. The van der Waals surface area contributed by atoms with Crippen LogP contribution >= 0.6 is 11.3 Å². The molecule has 0 unspecified atom stereocenters. The molecule has 0 saturated heterocycles. The van der Waals surface area contributed by atoms with Crippen LogP contribution in [-0.4, -0.2) is 10.9 Å². The molecule has 0 atom stereocenters. The van der Waals surface area contributed by atoms with Crippen LogP contribution in [0.1, 0.15) is 15.4 Å². The molecule has 1 aromatic heterocycles. The van der Waals surface area contributed by atoms with Crippen molar-refractivity contribution in [1.29, 1.82) is 0 Å². The first-order valence-electron chi connectivity index (χ1n) is 6.09. The maximum absolute atomic E-state index is 11.0. The Hall–Kier alpha value is -2.40. The maximum Gasteiger partial charge on any atom is 0.248 e. The number of ether oxygens (including phenoxy) is 1. The number of fused-ring (bicyclic) bond motifs is 1. The van der Waals surface area contributed by atoms with Crippen molar-refractivity contribution < 1.29 is 9.53 Å². The summed E-state index contributed by atoms with van der Waals surface area (Å²) in [5, 5.41) is 0.921. The first kappa shape index (κ1) is 12.6. The molecule has 100 valence electrons. The van der Waals surface area contributed by atoms with Gasteiger partial charge in [-0.1, -0.05) is 12.1 Å². The number of para-hydroxylation sites is 1. The number of nitrogens with two attached hydrogens (primary N) is 1. The SMILES string of the molecule is NC(=O)c1ccc(OCc2nc3ccccc3s2)cc1. The first-order chi connectivity index (χ1) is 9.72. The number of carbonyl (C=O) groups is 1. The van der Waals surface area contributed by atoms with Gasteiger partial charge in [0.05, 0.1) is 10.2 Å². The van der Waals surface area contributed by atoms with Gasteiger partial charge >= 0.3 is 0 Å². The average molecular weight is 284 g/mol. The lowest BCUT2D eigenvalue weighted by atomic mass is 10.2. The Morgan fingerprint density at radius 1 is 1.15 bits per heavy atom. The highest BCUT2D eigenvalue weighted by Gasteiger charge is 2.05. The van der Waals surface area contributed by atoms with E-state index in [0.29, 0.717) is 17.9 Å². The van der Waals surface area contributed by atoms with Gasteiger partial charge in [0.25, 0.3) is 0 Å². The summed E-state index contributed by atoms with van der Waals surface area (Å²) in [7, 11) is 0. The van der Waals surface area contributed by atoms with Crippen LogP contribution in [0.25, 0.3) is 10.2 Å². The zero-order chi connectivity index (χ0) is 13.9. The second-order valence-corrected chi connectivity index (χ2v) is 5.37. The normalized spacial score (nSPS) is 10.6. The lowest BCUT2D eigenvalue weighted by Gasteiger charge is -2.04. The van der Waals surface area contributed by atoms with Crippen molar-refractivity contribution in [3.63, 3.8) is 0 Å². The third-order valence-electron chi connectivity index (χ3n) is 2.84. The predicted molar refractivity (Wildman–Crippen MR) is 78.9 cm³/mol. The molecule has 3 rings (SSSR count). The molecule has 0 aliphatic carbocycles. The van der Waals surface area contributed by atoms with Crippen LogP contribution in [0.2, 0.25) is 0 Å². The highest BCUT2D eigenvalue weighted by molar-refractivity contribution is 7.18. The monoisotopic (exact) mass is 284 g/mol. The van der Waals surface area contributed by atoms with Crippen LogP contribution in [0.4, 0.5) is 0 Å². The van der Waals surface area contributed by atoms with Crippen LogP contribution in [0.15, 0.2) is 48.5 Å². The lowest BCUT2D eigenvalue weighted by molar-refractivity contribution is 0.100. The number of primary amides is 1. The first-order valence-corrected chi connectivity index (χ1v) is 6.91.